The van der Waals surface area contributed by atoms with E-state index >= 15 is 0 Å². The van der Waals surface area contributed by atoms with Crippen LogP contribution in [0.15, 0.2) is 12.1 Å². The van der Waals surface area contributed by atoms with Crippen LogP contribution >= 0.6 is 11.6 Å². The second-order valence-electron chi connectivity index (χ2n) is 8.29. The minimum atomic E-state index is -0.0873. The fraction of sp³-hybridized carbons (Fsp3) is 0.667. The van der Waals surface area contributed by atoms with Gasteiger partial charge in [-0.05, 0) is 18.9 Å². The van der Waals surface area contributed by atoms with Crippen LogP contribution in [0.4, 0.5) is 0 Å². The Morgan fingerprint density at radius 1 is 1.03 bits per heavy atom. The maximum absolute atomic E-state index is 12.8. The zero-order valence-electron chi connectivity index (χ0n) is 17.6. The second kappa shape index (κ2) is 9.49. The molecular weight excluding hydrogens is 406 g/mol. The van der Waals surface area contributed by atoms with Gasteiger partial charge in [-0.2, -0.15) is 0 Å². The van der Waals surface area contributed by atoms with E-state index < -0.39 is 0 Å². The summed E-state index contributed by atoms with van der Waals surface area (Å²) in [5.74, 6) is 0.442. The summed E-state index contributed by atoms with van der Waals surface area (Å²) in [5.41, 5.74) is 0.473. The molecule has 0 aromatic carbocycles. The zero-order valence-corrected chi connectivity index (χ0v) is 18.3. The Hall–Kier alpha value is -1.90. The molecule has 4 rings (SSSR count). The highest BCUT2D eigenvalue weighted by molar-refractivity contribution is 6.29. The normalized spacial score (nSPS) is 21.4. The van der Waals surface area contributed by atoms with Gasteiger partial charge in [0.25, 0.3) is 5.91 Å². The first-order valence-corrected chi connectivity index (χ1v) is 11.2. The molecule has 2 aliphatic heterocycles. The first kappa shape index (κ1) is 21.3. The quantitative estimate of drug-likeness (QED) is 0.647. The topological polar surface area (TPSA) is 69.2 Å². The molecule has 1 aromatic rings. The molecule has 2 saturated heterocycles. The Morgan fingerprint density at radius 3 is 2.30 bits per heavy atom. The summed E-state index contributed by atoms with van der Waals surface area (Å²) in [6.07, 6.45) is 3.98. The van der Waals surface area contributed by atoms with Crippen LogP contribution in [-0.2, 0) is 4.79 Å². The molecule has 1 aromatic heterocycles. The van der Waals surface area contributed by atoms with Crippen molar-refractivity contribution >= 4 is 23.4 Å². The highest BCUT2D eigenvalue weighted by Gasteiger charge is 2.30. The highest BCUT2D eigenvalue weighted by atomic mass is 35.5. The molecule has 164 valence electrons. The lowest BCUT2D eigenvalue weighted by molar-refractivity contribution is -0.135. The van der Waals surface area contributed by atoms with Crippen molar-refractivity contribution in [3.8, 4) is 5.88 Å². The molecule has 1 aliphatic carbocycles. The molecule has 9 heteroatoms. The highest BCUT2D eigenvalue weighted by Crippen LogP contribution is 2.25. The van der Waals surface area contributed by atoms with E-state index in [1.165, 1.54) is 26.4 Å². The van der Waals surface area contributed by atoms with Crippen LogP contribution in [0.1, 0.15) is 29.6 Å². The van der Waals surface area contributed by atoms with Gasteiger partial charge in [0, 0.05) is 70.0 Å². The number of nitrogens with zero attached hydrogens (tertiary/aromatic N) is 5. The summed E-state index contributed by atoms with van der Waals surface area (Å²) in [6, 6.07) is 3.92. The van der Waals surface area contributed by atoms with Crippen molar-refractivity contribution in [3.63, 3.8) is 0 Å². The number of carbonyl (C=O) groups excluding carboxylic acids is 2. The van der Waals surface area contributed by atoms with Gasteiger partial charge in [-0.15, -0.1) is 0 Å². The minimum Gasteiger partial charge on any atom is -0.481 e. The molecule has 3 fully saturated rings. The lowest BCUT2D eigenvalue weighted by Crippen LogP contribution is -2.56. The average molecular weight is 436 g/mol. The SMILES string of the molecule is COc1cc(C(=O)N2CCN(CC(=O)N3CCN(C4CCC4)CC3)CC2)cc(Cl)n1. The number of carbonyl (C=O) groups is 2. The summed E-state index contributed by atoms with van der Waals surface area (Å²) in [4.78, 5) is 38.0. The third kappa shape index (κ3) is 4.87. The van der Waals surface area contributed by atoms with Crippen LogP contribution in [-0.4, -0.2) is 108 Å². The fourth-order valence-corrected chi connectivity index (χ4v) is 4.57. The van der Waals surface area contributed by atoms with E-state index in [1.54, 1.807) is 17.0 Å². The first-order valence-electron chi connectivity index (χ1n) is 10.8. The predicted molar refractivity (Wildman–Crippen MR) is 114 cm³/mol. The number of halogens is 1. The summed E-state index contributed by atoms with van der Waals surface area (Å²) >= 11 is 5.99. The monoisotopic (exact) mass is 435 g/mol. The maximum atomic E-state index is 12.8. The lowest BCUT2D eigenvalue weighted by Gasteiger charge is -2.43. The minimum absolute atomic E-state index is 0.0873. The number of hydrogen-bond acceptors (Lipinski definition) is 6. The molecule has 0 N–H and O–H groups in total. The summed E-state index contributed by atoms with van der Waals surface area (Å²) in [7, 11) is 1.50. The summed E-state index contributed by atoms with van der Waals surface area (Å²) in [5, 5.41) is 0.235. The van der Waals surface area contributed by atoms with Crippen LogP contribution < -0.4 is 4.74 Å². The van der Waals surface area contributed by atoms with Crippen molar-refractivity contribution < 1.29 is 14.3 Å². The van der Waals surface area contributed by atoms with Crippen LogP contribution in [0.25, 0.3) is 0 Å². The molecule has 8 nitrogen and oxygen atoms in total. The molecule has 0 radical (unpaired) electrons. The Kier molecular flexibility index (Phi) is 6.75. The van der Waals surface area contributed by atoms with Gasteiger partial charge in [-0.25, -0.2) is 4.98 Å². The zero-order chi connectivity index (χ0) is 21.1. The van der Waals surface area contributed by atoms with Crippen molar-refractivity contribution in [2.24, 2.45) is 0 Å². The number of piperazine rings is 2. The van der Waals surface area contributed by atoms with Crippen LogP contribution in [0.2, 0.25) is 5.15 Å². The van der Waals surface area contributed by atoms with E-state index in [4.69, 9.17) is 16.3 Å². The van der Waals surface area contributed by atoms with E-state index in [2.05, 4.69) is 14.8 Å². The molecule has 0 bridgehead atoms. The number of amides is 2. The molecule has 1 saturated carbocycles. The van der Waals surface area contributed by atoms with Gasteiger partial charge in [0.05, 0.1) is 13.7 Å². The van der Waals surface area contributed by atoms with Crippen LogP contribution in [0.3, 0.4) is 0 Å². The third-order valence-corrected chi connectivity index (χ3v) is 6.70. The maximum Gasteiger partial charge on any atom is 0.254 e. The summed E-state index contributed by atoms with van der Waals surface area (Å²) < 4.78 is 5.10. The predicted octanol–water partition coefficient (Wildman–Crippen LogP) is 1.20. The number of rotatable bonds is 5. The van der Waals surface area contributed by atoms with E-state index in [1.807, 2.05) is 4.90 Å². The Balaban J connectivity index is 1.23. The molecule has 2 amide bonds. The van der Waals surface area contributed by atoms with Crippen molar-refractivity contribution in [2.75, 3.05) is 66.0 Å². The number of ether oxygens (including phenoxy) is 1. The molecule has 0 spiro atoms. The van der Waals surface area contributed by atoms with E-state index in [0.29, 0.717) is 44.2 Å². The van der Waals surface area contributed by atoms with Crippen molar-refractivity contribution in [3.05, 3.63) is 22.8 Å². The molecule has 3 heterocycles. The standard InChI is InChI=1S/C21H30ClN5O3/c1-30-19-14-16(13-18(22)23-19)21(29)27-7-5-24(6-8-27)15-20(28)26-11-9-25(10-12-26)17-3-2-4-17/h13-14,17H,2-12,15H2,1H3. The second-order valence-corrected chi connectivity index (χ2v) is 8.68. The number of aromatic nitrogens is 1. The van der Waals surface area contributed by atoms with Crippen LogP contribution in [0.5, 0.6) is 5.88 Å². The molecule has 30 heavy (non-hydrogen) atoms. The van der Waals surface area contributed by atoms with Gasteiger partial charge < -0.3 is 14.5 Å². The Labute approximate surface area is 182 Å². The van der Waals surface area contributed by atoms with Crippen molar-refractivity contribution in [2.45, 2.75) is 25.3 Å². The number of hydrogen-bond donors (Lipinski definition) is 0. The van der Waals surface area contributed by atoms with Gasteiger partial charge in [-0.3, -0.25) is 19.4 Å². The van der Waals surface area contributed by atoms with Crippen molar-refractivity contribution in [1.82, 2.24) is 24.6 Å². The molecule has 0 unspecified atom stereocenters. The van der Waals surface area contributed by atoms with Gasteiger partial charge >= 0.3 is 0 Å². The van der Waals surface area contributed by atoms with Crippen molar-refractivity contribution in [1.29, 1.82) is 0 Å². The van der Waals surface area contributed by atoms with E-state index in [9.17, 15) is 9.59 Å². The largest absolute Gasteiger partial charge is 0.481 e. The van der Waals surface area contributed by atoms with Gasteiger partial charge in [0.2, 0.25) is 11.8 Å². The van der Waals surface area contributed by atoms with Gasteiger partial charge in [-0.1, -0.05) is 18.0 Å². The fourth-order valence-electron chi connectivity index (χ4n) is 4.37. The van der Waals surface area contributed by atoms with Gasteiger partial charge in [0.15, 0.2) is 0 Å². The van der Waals surface area contributed by atoms with E-state index in [-0.39, 0.29) is 17.0 Å². The Morgan fingerprint density at radius 2 is 1.70 bits per heavy atom. The molecule has 0 atom stereocenters. The van der Waals surface area contributed by atoms with E-state index in [0.717, 1.165) is 32.2 Å². The average Bonchev–Trinajstić information content (AvgIpc) is 2.72. The smallest absolute Gasteiger partial charge is 0.254 e. The summed E-state index contributed by atoms with van der Waals surface area (Å²) in [6.45, 7) is 6.64. The molecular formula is C21H30ClN5O3. The molecule has 3 aliphatic rings. The van der Waals surface area contributed by atoms with Gasteiger partial charge in [0.1, 0.15) is 5.15 Å². The first-order chi connectivity index (χ1) is 14.5. The third-order valence-electron chi connectivity index (χ3n) is 6.50. The van der Waals surface area contributed by atoms with Crippen LogP contribution in [0, 0.1) is 0 Å². The number of pyridine rings is 1. The lowest BCUT2D eigenvalue weighted by atomic mass is 9.91. The number of methoxy groups -OCH3 is 1. The Bertz CT molecular complexity index is 772.